The Bertz CT molecular complexity index is 1180. The normalized spacial score (nSPS) is 13.4. The number of aromatic nitrogens is 2. The maximum atomic E-state index is 12.6. The van der Waals surface area contributed by atoms with Gasteiger partial charge in [-0.15, -0.1) is 11.3 Å². The SMILES string of the molecule is CN(Cc1ccc(Cl)cc1Cl)C(=O)CCSCc1nc2sc3c(c2c(=O)[nH]1)CCCC3. The molecule has 0 aliphatic heterocycles. The van der Waals surface area contributed by atoms with E-state index < -0.39 is 0 Å². The van der Waals surface area contributed by atoms with E-state index in [9.17, 15) is 9.59 Å². The number of hydrogen-bond donors (Lipinski definition) is 1. The monoisotopic (exact) mass is 495 g/mol. The molecule has 0 fully saturated rings. The third kappa shape index (κ3) is 5.28. The summed E-state index contributed by atoms with van der Waals surface area (Å²) < 4.78 is 0. The number of thioether (sulfide) groups is 1. The van der Waals surface area contributed by atoms with Crippen molar-refractivity contribution in [3.8, 4) is 0 Å². The minimum atomic E-state index is -0.0318. The summed E-state index contributed by atoms with van der Waals surface area (Å²) in [7, 11) is 1.77. The van der Waals surface area contributed by atoms with E-state index in [0.29, 0.717) is 40.3 Å². The van der Waals surface area contributed by atoms with E-state index in [0.717, 1.165) is 35.0 Å². The molecule has 1 N–H and O–H groups in total. The van der Waals surface area contributed by atoms with Crippen molar-refractivity contribution in [1.82, 2.24) is 14.9 Å². The van der Waals surface area contributed by atoms with Crippen LogP contribution in [0.1, 0.15) is 41.1 Å². The molecule has 0 unspecified atom stereocenters. The number of fused-ring (bicyclic) bond motifs is 3. The van der Waals surface area contributed by atoms with Crippen molar-refractivity contribution in [2.45, 2.75) is 44.4 Å². The molecular formula is C22H23Cl2N3O2S2. The topological polar surface area (TPSA) is 66.1 Å². The quantitative estimate of drug-likeness (QED) is 0.442. The first-order chi connectivity index (χ1) is 14.9. The van der Waals surface area contributed by atoms with E-state index in [2.05, 4.69) is 9.97 Å². The molecule has 1 amide bonds. The molecule has 0 saturated heterocycles. The summed E-state index contributed by atoms with van der Waals surface area (Å²) in [5, 5.41) is 1.92. The van der Waals surface area contributed by atoms with Gasteiger partial charge in [-0.3, -0.25) is 9.59 Å². The summed E-state index contributed by atoms with van der Waals surface area (Å²) in [4.78, 5) is 36.5. The molecule has 4 rings (SSSR count). The van der Waals surface area contributed by atoms with Gasteiger partial charge in [-0.1, -0.05) is 29.3 Å². The third-order valence-electron chi connectivity index (χ3n) is 5.42. The molecule has 2 aromatic heterocycles. The molecular weight excluding hydrogens is 473 g/mol. The van der Waals surface area contributed by atoms with E-state index in [1.54, 1.807) is 47.2 Å². The predicted octanol–water partition coefficient (Wildman–Crippen LogP) is 5.45. The fraction of sp³-hybridized carbons (Fsp3) is 0.409. The molecule has 0 atom stereocenters. The molecule has 1 aliphatic rings. The lowest BCUT2D eigenvalue weighted by Crippen LogP contribution is -2.26. The van der Waals surface area contributed by atoms with Crippen molar-refractivity contribution in [3.05, 3.63) is 60.4 Å². The van der Waals surface area contributed by atoms with Gasteiger partial charge in [0, 0.05) is 40.7 Å². The number of aromatic amines is 1. The van der Waals surface area contributed by atoms with Crippen LogP contribution in [0.25, 0.3) is 10.2 Å². The van der Waals surface area contributed by atoms with Crippen LogP contribution in [0.5, 0.6) is 0 Å². The summed E-state index contributed by atoms with van der Waals surface area (Å²) in [6.07, 6.45) is 4.77. The fourth-order valence-electron chi connectivity index (χ4n) is 3.79. The molecule has 1 aliphatic carbocycles. The highest BCUT2D eigenvalue weighted by atomic mass is 35.5. The fourth-order valence-corrected chi connectivity index (χ4v) is 6.33. The lowest BCUT2D eigenvalue weighted by molar-refractivity contribution is -0.129. The number of hydrogen-bond acceptors (Lipinski definition) is 5. The molecule has 0 spiro atoms. The van der Waals surface area contributed by atoms with Crippen LogP contribution in [0.3, 0.4) is 0 Å². The second-order valence-corrected chi connectivity index (χ2v) is 10.7. The smallest absolute Gasteiger partial charge is 0.259 e. The molecule has 3 aromatic rings. The highest BCUT2D eigenvalue weighted by Crippen LogP contribution is 2.33. The van der Waals surface area contributed by atoms with Gasteiger partial charge in [-0.25, -0.2) is 4.98 Å². The van der Waals surface area contributed by atoms with Crippen LogP contribution in [0.4, 0.5) is 0 Å². The van der Waals surface area contributed by atoms with Crippen molar-refractivity contribution >= 4 is 62.4 Å². The van der Waals surface area contributed by atoms with Crippen LogP contribution in [0, 0.1) is 0 Å². The Morgan fingerprint density at radius 1 is 1.29 bits per heavy atom. The van der Waals surface area contributed by atoms with Gasteiger partial charge in [-0.2, -0.15) is 11.8 Å². The largest absolute Gasteiger partial charge is 0.341 e. The number of H-pyrrole nitrogens is 1. The van der Waals surface area contributed by atoms with Crippen molar-refractivity contribution < 1.29 is 4.79 Å². The number of carbonyl (C=O) groups is 1. The van der Waals surface area contributed by atoms with Crippen LogP contribution in [-0.2, 0) is 29.9 Å². The molecule has 2 heterocycles. The molecule has 1 aromatic carbocycles. The number of benzene rings is 1. The van der Waals surface area contributed by atoms with Gasteiger partial charge in [-0.05, 0) is 48.9 Å². The predicted molar refractivity (Wildman–Crippen MR) is 131 cm³/mol. The molecule has 0 radical (unpaired) electrons. The molecule has 0 bridgehead atoms. The van der Waals surface area contributed by atoms with E-state index >= 15 is 0 Å². The highest BCUT2D eigenvalue weighted by Gasteiger charge is 2.19. The average molecular weight is 496 g/mol. The molecule has 9 heteroatoms. The van der Waals surface area contributed by atoms with Gasteiger partial charge in [0.1, 0.15) is 10.7 Å². The maximum absolute atomic E-state index is 12.6. The van der Waals surface area contributed by atoms with Crippen LogP contribution in [-0.4, -0.2) is 33.6 Å². The van der Waals surface area contributed by atoms with Crippen LogP contribution in [0.15, 0.2) is 23.0 Å². The lowest BCUT2D eigenvalue weighted by Gasteiger charge is -2.18. The van der Waals surface area contributed by atoms with Gasteiger partial charge in [0.15, 0.2) is 0 Å². The Morgan fingerprint density at radius 3 is 2.90 bits per heavy atom. The molecule has 164 valence electrons. The van der Waals surface area contributed by atoms with Crippen LogP contribution in [0.2, 0.25) is 10.0 Å². The summed E-state index contributed by atoms with van der Waals surface area (Å²) in [5.74, 6) is 1.95. The van der Waals surface area contributed by atoms with Crippen molar-refractivity contribution in [2.24, 2.45) is 0 Å². The van der Waals surface area contributed by atoms with Gasteiger partial charge in [0.25, 0.3) is 5.56 Å². The van der Waals surface area contributed by atoms with Crippen molar-refractivity contribution in [3.63, 3.8) is 0 Å². The Kier molecular flexibility index (Phi) is 7.26. The van der Waals surface area contributed by atoms with Crippen LogP contribution >= 0.6 is 46.3 Å². The summed E-state index contributed by atoms with van der Waals surface area (Å²) in [5.41, 5.74) is 2.03. The van der Waals surface area contributed by atoms with E-state index in [1.807, 2.05) is 6.07 Å². The number of amides is 1. The number of nitrogens with one attached hydrogen (secondary N) is 1. The number of rotatable bonds is 7. The minimum absolute atomic E-state index is 0.0318. The van der Waals surface area contributed by atoms with E-state index in [4.69, 9.17) is 23.2 Å². The molecule has 0 saturated carbocycles. The summed E-state index contributed by atoms with van der Waals surface area (Å²) in [6, 6.07) is 5.29. The first kappa shape index (κ1) is 22.6. The van der Waals surface area contributed by atoms with E-state index in [1.165, 1.54) is 16.9 Å². The summed E-state index contributed by atoms with van der Waals surface area (Å²) in [6.45, 7) is 0.439. The zero-order chi connectivity index (χ0) is 22.0. The Balaban J connectivity index is 1.30. The summed E-state index contributed by atoms with van der Waals surface area (Å²) >= 11 is 15.4. The lowest BCUT2D eigenvalue weighted by atomic mass is 9.97. The van der Waals surface area contributed by atoms with Gasteiger partial charge < -0.3 is 9.88 Å². The maximum Gasteiger partial charge on any atom is 0.259 e. The zero-order valence-corrected chi connectivity index (χ0v) is 20.3. The second kappa shape index (κ2) is 9.94. The van der Waals surface area contributed by atoms with Crippen LogP contribution < -0.4 is 5.56 Å². The number of aryl methyl sites for hydroxylation is 2. The zero-order valence-electron chi connectivity index (χ0n) is 17.2. The second-order valence-electron chi connectivity index (χ2n) is 7.69. The van der Waals surface area contributed by atoms with Gasteiger partial charge >= 0.3 is 0 Å². The molecule has 5 nitrogen and oxygen atoms in total. The van der Waals surface area contributed by atoms with E-state index in [-0.39, 0.29) is 11.5 Å². The Labute approximate surface area is 199 Å². The average Bonchev–Trinajstić information content (AvgIpc) is 3.12. The number of carbonyl (C=O) groups excluding carboxylic acids is 1. The van der Waals surface area contributed by atoms with Gasteiger partial charge in [0.2, 0.25) is 5.91 Å². The Morgan fingerprint density at radius 2 is 2.10 bits per heavy atom. The van der Waals surface area contributed by atoms with Crippen molar-refractivity contribution in [2.75, 3.05) is 12.8 Å². The first-order valence-electron chi connectivity index (χ1n) is 10.2. The third-order valence-corrected chi connectivity index (χ3v) is 8.16. The minimum Gasteiger partial charge on any atom is -0.341 e. The number of nitrogens with zero attached hydrogens (tertiary/aromatic N) is 2. The first-order valence-corrected chi connectivity index (χ1v) is 12.9. The number of halogens is 2. The number of thiophene rings is 1. The van der Waals surface area contributed by atoms with Gasteiger partial charge in [0.05, 0.1) is 11.1 Å². The van der Waals surface area contributed by atoms with Crippen molar-refractivity contribution in [1.29, 1.82) is 0 Å². The standard InChI is InChI=1S/C22H23Cl2N3O2S2/c1-27(11-13-6-7-14(23)10-16(13)24)19(28)8-9-30-12-18-25-21(29)20-15-4-2-3-5-17(15)31-22(20)26-18/h6-7,10H,2-5,8-9,11-12H2,1H3,(H,25,26,29). The highest BCUT2D eigenvalue weighted by molar-refractivity contribution is 7.98. The molecule has 31 heavy (non-hydrogen) atoms. The Hall–Kier alpha value is -1.54.